The molecule has 43 heavy (non-hydrogen) atoms. The summed E-state index contributed by atoms with van der Waals surface area (Å²) in [7, 11) is 4.66. The molecule has 0 bridgehead atoms. The van der Waals surface area contributed by atoms with Crippen molar-refractivity contribution in [3.05, 3.63) is 47.5 Å². The number of hydrogen-bond donors (Lipinski definition) is 3. The minimum absolute atomic E-state index is 0.0228. The predicted molar refractivity (Wildman–Crippen MR) is 167 cm³/mol. The van der Waals surface area contributed by atoms with Gasteiger partial charge in [0.05, 0.1) is 25.3 Å². The number of likely N-dealkylation sites (tertiary alicyclic amines) is 1. The molecule has 0 saturated carbocycles. The molecule has 3 N–H and O–H groups in total. The van der Waals surface area contributed by atoms with E-state index in [-0.39, 0.29) is 30.7 Å². The first kappa shape index (κ1) is 36.0. The second-order valence-corrected chi connectivity index (χ2v) is 13.5. The molecule has 1 saturated heterocycles. The van der Waals surface area contributed by atoms with Gasteiger partial charge in [0.25, 0.3) is 0 Å². The number of benzene rings is 1. The Morgan fingerprint density at radius 2 is 1.65 bits per heavy atom. The second-order valence-electron chi connectivity index (χ2n) is 13.5. The Kier molecular flexibility index (Phi) is 12.1. The number of rotatable bonds is 11. The molecule has 10 heteroatoms. The van der Waals surface area contributed by atoms with E-state index in [0.717, 1.165) is 5.56 Å². The normalized spacial score (nSPS) is 19.9. The van der Waals surface area contributed by atoms with Crippen molar-refractivity contribution in [1.29, 1.82) is 0 Å². The topological polar surface area (TPSA) is 128 Å². The lowest BCUT2D eigenvalue weighted by Gasteiger charge is -2.40. The molecule has 1 aliphatic heterocycles. The molecule has 5 atom stereocenters. The highest BCUT2D eigenvalue weighted by Crippen LogP contribution is 2.29. The Hall–Kier alpha value is -3.24. The van der Waals surface area contributed by atoms with Crippen LogP contribution in [0.1, 0.15) is 67.4 Å². The zero-order valence-electron chi connectivity index (χ0n) is 27.7. The minimum Gasteiger partial charge on any atom is -0.467 e. The van der Waals surface area contributed by atoms with Crippen LogP contribution < -0.4 is 10.6 Å². The molecule has 0 radical (unpaired) electrons. The van der Waals surface area contributed by atoms with Gasteiger partial charge in [0.2, 0.25) is 17.7 Å². The van der Waals surface area contributed by atoms with E-state index in [1.54, 1.807) is 32.0 Å². The Morgan fingerprint density at radius 1 is 1.07 bits per heavy atom. The molecule has 240 valence electrons. The Bertz CT molecular complexity index is 1170. The lowest BCUT2D eigenvalue weighted by Crippen LogP contribution is -2.61. The smallest absolute Gasteiger partial charge is 0.328 e. The van der Waals surface area contributed by atoms with Crippen molar-refractivity contribution < 1.29 is 29.0 Å². The van der Waals surface area contributed by atoms with Gasteiger partial charge in [-0.15, -0.1) is 0 Å². The monoisotopic (exact) mass is 600 g/mol. The molecule has 1 heterocycles. The molecule has 1 aliphatic rings. The maximum Gasteiger partial charge on any atom is 0.328 e. The van der Waals surface area contributed by atoms with Crippen LogP contribution in [0.3, 0.4) is 0 Å². The highest BCUT2D eigenvalue weighted by atomic mass is 16.5. The maximum atomic E-state index is 14.1. The summed E-state index contributed by atoms with van der Waals surface area (Å²) in [5.41, 5.74) is 0.151. The van der Waals surface area contributed by atoms with Crippen LogP contribution in [0.25, 0.3) is 0 Å². The number of methoxy groups -OCH3 is 1. The number of amides is 3. The molecule has 1 aromatic rings. The van der Waals surface area contributed by atoms with Crippen molar-refractivity contribution in [2.45, 2.75) is 97.5 Å². The van der Waals surface area contributed by atoms with Crippen LogP contribution in [0.15, 0.2) is 42.0 Å². The highest BCUT2D eigenvalue weighted by molar-refractivity contribution is 5.96. The van der Waals surface area contributed by atoms with Gasteiger partial charge in [-0.25, -0.2) is 4.79 Å². The van der Waals surface area contributed by atoms with Gasteiger partial charge in [-0.1, -0.05) is 84.9 Å². The van der Waals surface area contributed by atoms with Crippen molar-refractivity contribution in [2.24, 2.45) is 11.3 Å². The number of aliphatic hydroxyl groups excluding tert-OH is 1. The van der Waals surface area contributed by atoms with Crippen LogP contribution in [-0.4, -0.2) is 96.6 Å². The zero-order chi connectivity index (χ0) is 32.9. The van der Waals surface area contributed by atoms with Crippen LogP contribution in [-0.2, 0) is 29.3 Å². The molecule has 1 unspecified atom stereocenters. The predicted octanol–water partition coefficient (Wildman–Crippen LogP) is 2.65. The summed E-state index contributed by atoms with van der Waals surface area (Å²) >= 11 is 0. The molecule has 3 amide bonds. The molecule has 0 aliphatic carbocycles. The number of likely N-dealkylation sites (N-methyl/N-ethyl adjacent to an activating group) is 2. The molecular formula is C33H52N4O6. The standard InChI is InChI=1S/C33H52N4O6/c1-20(2)24(17-21(3)29(40)37-19-23(38)18-25(37)31(42)43-11)36(10)30(41)27(32(4,5)6)35-28(39)26(34-9)33(7,8)22-15-13-12-14-16-22/h12-17,20,23-27,34,38H,18-19H2,1-11H3,(H,35,39)/b21-17+/t23?,24-,25-,26-,27-/m1/s1. The first-order valence-electron chi connectivity index (χ1n) is 14.9. The number of hydrogen-bond acceptors (Lipinski definition) is 7. The fourth-order valence-electron chi connectivity index (χ4n) is 5.78. The van der Waals surface area contributed by atoms with Crippen molar-refractivity contribution in [2.75, 3.05) is 27.7 Å². The van der Waals surface area contributed by atoms with Crippen molar-refractivity contribution in [1.82, 2.24) is 20.4 Å². The van der Waals surface area contributed by atoms with Crippen LogP contribution in [0.2, 0.25) is 0 Å². The number of β-amino-alcohol motifs (C(OH)–C–C–N with tert-alkyl or cyclic N) is 1. The van der Waals surface area contributed by atoms with Gasteiger partial charge < -0.3 is 30.3 Å². The Balaban J connectivity index is 2.35. The van der Waals surface area contributed by atoms with E-state index in [1.807, 2.05) is 78.8 Å². The van der Waals surface area contributed by atoms with E-state index >= 15 is 0 Å². The summed E-state index contributed by atoms with van der Waals surface area (Å²) in [5, 5.41) is 16.3. The van der Waals surface area contributed by atoms with Gasteiger partial charge in [-0.2, -0.15) is 0 Å². The summed E-state index contributed by atoms with van der Waals surface area (Å²) in [4.78, 5) is 56.4. The fourth-order valence-corrected chi connectivity index (χ4v) is 5.78. The molecule has 0 spiro atoms. The lowest BCUT2D eigenvalue weighted by atomic mass is 9.76. The number of carbonyl (C=O) groups excluding carboxylic acids is 4. The number of nitrogens with one attached hydrogen (secondary N) is 2. The number of esters is 1. The van der Waals surface area contributed by atoms with E-state index in [4.69, 9.17) is 4.74 Å². The van der Waals surface area contributed by atoms with Gasteiger partial charge in [0.1, 0.15) is 12.1 Å². The Morgan fingerprint density at radius 3 is 2.14 bits per heavy atom. The Labute approximate surface area is 257 Å². The molecule has 2 rings (SSSR count). The molecule has 1 aromatic carbocycles. The van der Waals surface area contributed by atoms with Crippen LogP contribution in [0, 0.1) is 11.3 Å². The third kappa shape index (κ3) is 8.44. The number of carbonyl (C=O) groups is 4. The average molecular weight is 601 g/mol. The van der Waals surface area contributed by atoms with E-state index < -0.39 is 53.0 Å². The summed E-state index contributed by atoms with van der Waals surface area (Å²) in [6, 6.07) is 6.95. The number of aliphatic hydroxyl groups is 1. The summed E-state index contributed by atoms with van der Waals surface area (Å²) in [6.45, 7) is 15.3. The molecule has 1 fully saturated rings. The molecule has 10 nitrogen and oxygen atoms in total. The third-order valence-corrected chi connectivity index (χ3v) is 8.44. The van der Waals surface area contributed by atoms with Gasteiger partial charge in [-0.3, -0.25) is 14.4 Å². The van der Waals surface area contributed by atoms with Gasteiger partial charge >= 0.3 is 5.97 Å². The first-order valence-corrected chi connectivity index (χ1v) is 14.9. The minimum atomic E-state index is -0.867. The number of ether oxygens (including phenoxy) is 1. The zero-order valence-corrected chi connectivity index (χ0v) is 27.7. The van der Waals surface area contributed by atoms with Gasteiger partial charge in [-0.05, 0) is 30.9 Å². The SMILES string of the molecule is CN[C@H](C(=O)N[C@H](C(=O)N(C)[C@H](/C=C(\C)C(=O)N1CC(O)C[C@@H]1C(=O)OC)C(C)C)C(C)(C)C)C(C)(C)c1ccccc1. The first-order chi connectivity index (χ1) is 19.9. The quantitative estimate of drug-likeness (QED) is 0.263. The van der Waals surface area contributed by atoms with E-state index in [0.29, 0.717) is 5.57 Å². The van der Waals surface area contributed by atoms with E-state index in [2.05, 4.69) is 10.6 Å². The summed E-state index contributed by atoms with van der Waals surface area (Å²) < 4.78 is 4.84. The van der Waals surface area contributed by atoms with E-state index in [9.17, 15) is 24.3 Å². The highest BCUT2D eigenvalue weighted by Gasteiger charge is 2.43. The number of nitrogens with zero attached hydrogens (tertiary/aromatic N) is 2. The van der Waals surface area contributed by atoms with Crippen molar-refractivity contribution in [3.8, 4) is 0 Å². The average Bonchev–Trinajstić information content (AvgIpc) is 3.34. The van der Waals surface area contributed by atoms with Gasteiger partial charge in [0.15, 0.2) is 0 Å². The van der Waals surface area contributed by atoms with Crippen LogP contribution >= 0.6 is 0 Å². The lowest BCUT2D eigenvalue weighted by molar-refractivity contribution is -0.149. The van der Waals surface area contributed by atoms with E-state index in [1.165, 1.54) is 12.0 Å². The summed E-state index contributed by atoms with van der Waals surface area (Å²) in [6.07, 6.45) is 1.01. The van der Waals surface area contributed by atoms with Crippen LogP contribution in [0.5, 0.6) is 0 Å². The van der Waals surface area contributed by atoms with Crippen LogP contribution in [0.4, 0.5) is 0 Å². The summed E-state index contributed by atoms with van der Waals surface area (Å²) in [5.74, 6) is -1.63. The maximum absolute atomic E-state index is 14.1. The van der Waals surface area contributed by atoms with Gasteiger partial charge in [0, 0.05) is 31.0 Å². The fraction of sp³-hybridized carbons (Fsp3) is 0.636. The largest absolute Gasteiger partial charge is 0.467 e. The van der Waals surface area contributed by atoms with Crippen molar-refractivity contribution in [3.63, 3.8) is 0 Å². The van der Waals surface area contributed by atoms with Crippen molar-refractivity contribution >= 4 is 23.7 Å². The third-order valence-electron chi connectivity index (χ3n) is 8.44. The molecular weight excluding hydrogens is 548 g/mol. The second kappa shape index (κ2) is 14.5. The molecule has 0 aromatic heterocycles.